The molecule has 0 spiro atoms. The van der Waals surface area contributed by atoms with Crippen molar-refractivity contribution in [1.29, 1.82) is 0 Å². The van der Waals surface area contributed by atoms with Crippen LogP contribution in [0.1, 0.15) is 34.6 Å². The molecule has 1 atom stereocenters. The molecule has 4 rings (SSSR count). The molecule has 29 heavy (non-hydrogen) atoms. The minimum atomic E-state index is -4.42. The number of hydrogen-bond donors (Lipinski definition) is 1. The van der Waals surface area contributed by atoms with Crippen LogP contribution >= 0.6 is 0 Å². The lowest BCUT2D eigenvalue weighted by atomic mass is 9.84. The monoisotopic (exact) mass is 400 g/mol. The van der Waals surface area contributed by atoms with Crippen LogP contribution in [0.25, 0.3) is 0 Å². The van der Waals surface area contributed by atoms with Crippen LogP contribution < -0.4 is 10.1 Å². The van der Waals surface area contributed by atoms with Crippen LogP contribution in [-0.2, 0) is 17.6 Å². The number of ether oxygens (including phenoxy) is 1. The number of halogens is 3. The van der Waals surface area contributed by atoms with E-state index in [2.05, 4.69) is 10.3 Å². The number of nitrogens with zero attached hydrogens (tertiary/aromatic N) is 1. The zero-order valence-electron chi connectivity index (χ0n) is 15.7. The van der Waals surface area contributed by atoms with Crippen LogP contribution in [0.15, 0.2) is 59.1 Å². The number of aliphatic imine (C=N–C) groups is 1. The van der Waals surface area contributed by atoms with Gasteiger partial charge in [-0.25, -0.2) is 0 Å². The first-order valence-electron chi connectivity index (χ1n) is 9.26. The van der Waals surface area contributed by atoms with Crippen LogP contribution in [0.2, 0.25) is 0 Å². The maximum atomic E-state index is 13.1. The Hall–Kier alpha value is -3.09. The maximum Gasteiger partial charge on any atom is 0.416 e. The summed E-state index contributed by atoms with van der Waals surface area (Å²) in [6, 6.07) is 10.9. The molecule has 2 aliphatic heterocycles. The summed E-state index contributed by atoms with van der Waals surface area (Å²) in [5.41, 5.74) is 2.17. The molecule has 0 bridgehead atoms. The van der Waals surface area contributed by atoms with Crippen molar-refractivity contribution in [3.05, 3.63) is 76.4 Å². The van der Waals surface area contributed by atoms with Crippen molar-refractivity contribution in [2.45, 2.75) is 32.0 Å². The molecule has 1 unspecified atom stereocenters. The molecule has 4 nitrogen and oxygen atoms in total. The lowest BCUT2D eigenvalue weighted by Crippen LogP contribution is -2.38. The Labute approximate surface area is 166 Å². The van der Waals surface area contributed by atoms with Crippen LogP contribution in [0.3, 0.4) is 0 Å². The maximum absolute atomic E-state index is 13.1. The van der Waals surface area contributed by atoms with E-state index in [9.17, 15) is 18.0 Å². The summed E-state index contributed by atoms with van der Waals surface area (Å²) >= 11 is 0. The van der Waals surface area contributed by atoms with Gasteiger partial charge in [0.25, 0.3) is 0 Å². The highest BCUT2D eigenvalue weighted by Crippen LogP contribution is 2.36. The normalized spacial score (nSPS) is 18.6. The van der Waals surface area contributed by atoms with Gasteiger partial charge in [-0.1, -0.05) is 36.4 Å². The van der Waals surface area contributed by atoms with Gasteiger partial charge in [-0.15, -0.1) is 0 Å². The fourth-order valence-electron chi connectivity index (χ4n) is 3.75. The molecule has 1 saturated heterocycles. The largest absolute Gasteiger partial charge is 0.489 e. The Kier molecular flexibility index (Phi) is 4.90. The number of fused-ring (bicyclic) bond motifs is 1. The highest BCUT2D eigenvalue weighted by molar-refractivity contribution is 6.12. The second kappa shape index (κ2) is 7.39. The quantitative estimate of drug-likeness (QED) is 0.820. The second-order valence-electron chi connectivity index (χ2n) is 7.12. The highest BCUT2D eigenvalue weighted by atomic mass is 19.4. The Bertz CT molecular complexity index is 1020. The van der Waals surface area contributed by atoms with Gasteiger partial charge in [-0.3, -0.25) is 9.79 Å². The van der Waals surface area contributed by atoms with E-state index in [4.69, 9.17) is 4.74 Å². The zero-order chi connectivity index (χ0) is 20.6. The molecule has 0 aromatic heterocycles. The van der Waals surface area contributed by atoms with Crippen LogP contribution in [0.4, 0.5) is 13.2 Å². The smallest absolute Gasteiger partial charge is 0.416 e. The van der Waals surface area contributed by atoms with Gasteiger partial charge in [0.2, 0.25) is 5.91 Å². The van der Waals surface area contributed by atoms with Gasteiger partial charge in [0, 0.05) is 23.5 Å². The predicted molar refractivity (Wildman–Crippen MR) is 103 cm³/mol. The van der Waals surface area contributed by atoms with E-state index in [-0.39, 0.29) is 24.0 Å². The van der Waals surface area contributed by atoms with Gasteiger partial charge in [0.1, 0.15) is 18.2 Å². The van der Waals surface area contributed by atoms with Gasteiger partial charge in [0.15, 0.2) is 0 Å². The van der Waals surface area contributed by atoms with Gasteiger partial charge in [-0.2, -0.15) is 13.2 Å². The van der Waals surface area contributed by atoms with Crippen LogP contribution in [0, 0.1) is 6.92 Å². The fourth-order valence-corrected chi connectivity index (χ4v) is 3.75. The average molecular weight is 400 g/mol. The number of carbonyl (C=O) groups is 1. The molecular formula is C22H19F3N2O2. The number of carbonyl (C=O) groups excluding carboxylic acids is 1. The first-order chi connectivity index (χ1) is 13.8. The van der Waals surface area contributed by atoms with Crippen molar-refractivity contribution in [2.75, 3.05) is 6.54 Å². The van der Waals surface area contributed by atoms with E-state index < -0.39 is 11.7 Å². The molecular weight excluding hydrogens is 381 g/mol. The Morgan fingerprint density at radius 2 is 2.00 bits per heavy atom. The van der Waals surface area contributed by atoms with Gasteiger partial charge >= 0.3 is 6.18 Å². The van der Waals surface area contributed by atoms with E-state index in [0.29, 0.717) is 24.6 Å². The molecule has 0 saturated carbocycles. The van der Waals surface area contributed by atoms with Crippen molar-refractivity contribution in [3.8, 4) is 5.75 Å². The van der Waals surface area contributed by atoms with E-state index in [1.54, 1.807) is 12.1 Å². The molecule has 2 aliphatic rings. The Morgan fingerprint density at radius 3 is 2.76 bits per heavy atom. The van der Waals surface area contributed by atoms with Gasteiger partial charge < -0.3 is 10.1 Å². The summed E-state index contributed by atoms with van der Waals surface area (Å²) in [6.45, 7) is 2.22. The number of nitrogens with one attached hydrogen (secondary N) is 1. The molecule has 7 heteroatoms. The van der Waals surface area contributed by atoms with Crippen molar-refractivity contribution < 1.29 is 22.7 Å². The molecule has 150 valence electrons. The lowest BCUT2D eigenvalue weighted by molar-refractivity contribution is -0.138. The Morgan fingerprint density at radius 1 is 1.21 bits per heavy atom. The number of benzene rings is 2. The molecule has 1 fully saturated rings. The first kappa shape index (κ1) is 19.2. The third-order valence-electron chi connectivity index (χ3n) is 5.16. The van der Waals surface area contributed by atoms with Crippen molar-refractivity contribution in [1.82, 2.24) is 5.32 Å². The fraction of sp³-hybridized carbons (Fsp3) is 0.273. The number of amidine groups is 1. The second-order valence-corrected chi connectivity index (χ2v) is 7.12. The summed E-state index contributed by atoms with van der Waals surface area (Å²) in [7, 11) is 0. The van der Waals surface area contributed by atoms with Crippen LogP contribution in [0.5, 0.6) is 5.75 Å². The number of aryl methyl sites for hydroxylation is 1. The summed E-state index contributed by atoms with van der Waals surface area (Å²) in [6.07, 6.45) is -2.08. The molecule has 2 aromatic rings. The van der Waals surface area contributed by atoms with Crippen molar-refractivity contribution >= 4 is 11.7 Å². The minimum Gasteiger partial charge on any atom is -0.489 e. The van der Waals surface area contributed by atoms with E-state index in [1.165, 1.54) is 12.1 Å². The van der Waals surface area contributed by atoms with Crippen molar-refractivity contribution in [2.24, 2.45) is 4.99 Å². The average Bonchev–Trinajstić information content (AvgIpc) is 3.14. The minimum absolute atomic E-state index is 0.0745. The Balaban J connectivity index is 1.53. The highest BCUT2D eigenvalue weighted by Gasteiger charge is 2.33. The van der Waals surface area contributed by atoms with Gasteiger partial charge in [0.05, 0.1) is 12.1 Å². The molecule has 2 aromatic carbocycles. The SMILES string of the molecule is Cc1cc(C2CC(=O)NC3=NCC=C32)ccc1OCc1ccccc1C(F)(F)F. The van der Waals surface area contributed by atoms with Crippen LogP contribution in [-0.4, -0.2) is 18.3 Å². The first-order valence-corrected chi connectivity index (χ1v) is 9.26. The molecule has 1 N–H and O–H groups in total. The number of alkyl halides is 3. The zero-order valence-corrected chi connectivity index (χ0v) is 15.7. The number of rotatable bonds is 4. The summed E-state index contributed by atoms with van der Waals surface area (Å²) in [4.78, 5) is 16.3. The van der Waals surface area contributed by atoms with E-state index >= 15 is 0 Å². The molecule has 0 aliphatic carbocycles. The number of amides is 1. The summed E-state index contributed by atoms with van der Waals surface area (Å²) < 4.78 is 45.1. The predicted octanol–water partition coefficient (Wildman–Crippen LogP) is 4.53. The summed E-state index contributed by atoms with van der Waals surface area (Å²) in [5, 5.41) is 2.79. The molecule has 1 amide bonds. The number of piperidine rings is 1. The summed E-state index contributed by atoms with van der Waals surface area (Å²) in [5.74, 6) is 0.992. The third-order valence-corrected chi connectivity index (χ3v) is 5.16. The number of hydrogen-bond acceptors (Lipinski definition) is 3. The van der Waals surface area contributed by atoms with E-state index in [1.807, 2.05) is 25.1 Å². The standard InChI is InChI=1S/C22H19F3N2O2/c1-13-10-14(17-11-20(28)27-21-16(17)8-9-26-21)6-7-19(13)29-12-15-4-2-3-5-18(15)22(23,24)25/h2-8,10,17H,9,11-12H2,1H3,(H,26,27,28). The topological polar surface area (TPSA) is 50.7 Å². The van der Waals surface area contributed by atoms with Gasteiger partial charge in [-0.05, 0) is 30.2 Å². The van der Waals surface area contributed by atoms with Crippen molar-refractivity contribution in [3.63, 3.8) is 0 Å². The third kappa shape index (κ3) is 3.90. The lowest BCUT2D eigenvalue weighted by Gasteiger charge is -2.26. The van der Waals surface area contributed by atoms with E-state index in [0.717, 1.165) is 22.8 Å². The molecule has 2 heterocycles. The molecule has 0 radical (unpaired) electrons.